The van der Waals surface area contributed by atoms with Crippen molar-refractivity contribution in [2.75, 3.05) is 7.11 Å². The quantitative estimate of drug-likeness (QED) is 0.463. The van der Waals surface area contributed by atoms with Crippen LogP contribution in [0.4, 0.5) is 0 Å². The number of carbonyl (C=O) groups excluding carboxylic acids is 1. The summed E-state index contributed by atoms with van der Waals surface area (Å²) in [6.07, 6.45) is 0. The molecule has 72 valence electrons. The van der Waals surface area contributed by atoms with E-state index >= 15 is 0 Å². The number of ether oxygens (including phenoxy) is 1. The Balaban J connectivity index is 2.22. The number of methoxy groups -OCH3 is 1. The minimum atomic E-state index is -0.568. The third-order valence-corrected chi connectivity index (χ3v) is 2.72. The molecule has 2 rings (SSSR count). The summed E-state index contributed by atoms with van der Waals surface area (Å²) in [6, 6.07) is 6.96. The van der Waals surface area contributed by atoms with Crippen LogP contribution in [0.2, 0.25) is 0 Å². The number of rotatable bonds is 2. The third-order valence-electron chi connectivity index (χ3n) is 1.95. The van der Waals surface area contributed by atoms with Crippen LogP contribution in [0.15, 0.2) is 34.5 Å². The lowest BCUT2D eigenvalue weighted by molar-refractivity contribution is 0.0600. The lowest BCUT2D eigenvalue weighted by Gasteiger charge is -2.03. The van der Waals surface area contributed by atoms with Gasteiger partial charge in [-0.15, -0.1) is 10.2 Å². The number of nitrogens with zero attached hydrogens (tertiary/aromatic N) is 2. The fourth-order valence-electron chi connectivity index (χ4n) is 1.10. The standard InChI is InChI=1S/C9H7BrN2O2/c1-14-8(13)6-2-4-7(5-3-6)9(10)11-12-9/h2-5H,1H3. The van der Waals surface area contributed by atoms with Crippen molar-refractivity contribution < 1.29 is 9.53 Å². The molecule has 0 spiro atoms. The van der Waals surface area contributed by atoms with Gasteiger partial charge >= 0.3 is 5.97 Å². The van der Waals surface area contributed by atoms with E-state index in [0.29, 0.717) is 5.56 Å². The van der Waals surface area contributed by atoms with E-state index in [1.165, 1.54) is 7.11 Å². The molecule has 0 fully saturated rings. The molecule has 1 aliphatic heterocycles. The molecule has 1 aromatic carbocycles. The van der Waals surface area contributed by atoms with E-state index < -0.39 is 4.57 Å². The summed E-state index contributed by atoms with van der Waals surface area (Å²) >= 11 is 3.33. The van der Waals surface area contributed by atoms with Crippen molar-refractivity contribution >= 4 is 21.9 Å². The summed E-state index contributed by atoms with van der Waals surface area (Å²) in [5.41, 5.74) is 1.43. The van der Waals surface area contributed by atoms with Crippen LogP contribution in [0, 0.1) is 0 Å². The molecule has 0 aromatic heterocycles. The number of hydrogen-bond donors (Lipinski definition) is 0. The van der Waals surface area contributed by atoms with Gasteiger partial charge < -0.3 is 4.74 Å². The maximum absolute atomic E-state index is 11.1. The van der Waals surface area contributed by atoms with Crippen LogP contribution >= 0.6 is 15.9 Å². The van der Waals surface area contributed by atoms with E-state index in [4.69, 9.17) is 0 Å². The zero-order valence-electron chi connectivity index (χ0n) is 7.40. The van der Waals surface area contributed by atoms with E-state index in [9.17, 15) is 4.79 Å². The topological polar surface area (TPSA) is 51.0 Å². The number of esters is 1. The van der Waals surface area contributed by atoms with Gasteiger partial charge in [-0.3, -0.25) is 0 Å². The highest BCUT2D eigenvalue weighted by Crippen LogP contribution is 2.45. The van der Waals surface area contributed by atoms with Crippen molar-refractivity contribution in [1.82, 2.24) is 0 Å². The van der Waals surface area contributed by atoms with Crippen molar-refractivity contribution in [3.8, 4) is 0 Å². The van der Waals surface area contributed by atoms with Crippen LogP contribution < -0.4 is 0 Å². The molecule has 0 aliphatic carbocycles. The van der Waals surface area contributed by atoms with Crippen molar-refractivity contribution in [2.24, 2.45) is 10.2 Å². The van der Waals surface area contributed by atoms with Crippen LogP contribution in [0.5, 0.6) is 0 Å². The van der Waals surface area contributed by atoms with E-state index in [2.05, 4.69) is 30.9 Å². The minimum Gasteiger partial charge on any atom is -0.465 e. The molecule has 0 radical (unpaired) electrons. The van der Waals surface area contributed by atoms with Crippen LogP contribution in [-0.2, 0) is 9.31 Å². The molecule has 0 saturated heterocycles. The fourth-order valence-corrected chi connectivity index (χ4v) is 1.44. The largest absolute Gasteiger partial charge is 0.465 e. The second kappa shape index (κ2) is 3.16. The summed E-state index contributed by atoms with van der Waals surface area (Å²) in [5.74, 6) is -0.343. The molecule has 1 aliphatic rings. The SMILES string of the molecule is COC(=O)c1ccc(C2(Br)N=N2)cc1. The van der Waals surface area contributed by atoms with Gasteiger partial charge in [-0.05, 0) is 28.1 Å². The zero-order chi connectivity index (χ0) is 10.2. The maximum atomic E-state index is 11.1. The zero-order valence-corrected chi connectivity index (χ0v) is 8.98. The molecule has 0 atom stereocenters. The molecule has 1 aromatic rings. The number of halogens is 1. The highest BCUT2D eigenvalue weighted by atomic mass is 79.9. The predicted molar refractivity (Wildman–Crippen MR) is 53.2 cm³/mol. The van der Waals surface area contributed by atoms with E-state index in [1.54, 1.807) is 24.3 Å². The summed E-state index contributed by atoms with van der Waals surface area (Å²) < 4.78 is 4.01. The molecule has 1 heterocycles. The van der Waals surface area contributed by atoms with Crippen molar-refractivity contribution in [3.05, 3.63) is 35.4 Å². The third kappa shape index (κ3) is 1.55. The monoisotopic (exact) mass is 254 g/mol. The summed E-state index contributed by atoms with van der Waals surface area (Å²) in [6.45, 7) is 0. The van der Waals surface area contributed by atoms with Gasteiger partial charge in [0.2, 0.25) is 0 Å². The Morgan fingerprint density at radius 1 is 1.36 bits per heavy atom. The Bertz CT molecular complexity index is 394. The number of hydrogen-bond acceptors (Lipinski definition) is 4. The summed E-state index contributed by atoms with van der Waals surface area (Å²) in [4.78, 5) is 11.1. The molecule has 0 saturated carbocycles. The second-order valence-electron chi connectivity index (χ2n) is 2.86. The predicted octanol–water partition coefficient (Wildman–Crippen LogP) is 2.44. The minimum absolute atomic E-state index is 0.343. The lowest BCUT2D eigenvalue weighted by atomic mass is 10.1. The highest BCUT2D eigenvalue weighted by molar-refractivity contribution is 9.09. The Labute approximate surface area is 89.1 Å². The van der Waals surface area contributed by atoms with Crippen LogP contribution in [0.25, 0.3) is 0 Å². The first-order valence-electron chi connectivity index (χ1n) is 3.97. The van der Waals surface area contributed by atoms with Gasteiger partial charge in [0.15, 0.2) is 0 Å². The Morgan fingerprint density at radius 2 is 1.93 bits per heavy atom. The van der Waals surface area contributed by atoms with Crippen LogP contribution in [0.1, 0.15) is 15.9 Å². The van der Waals surface area contributed by atoms with Gasteiger partial charge in [0.25, 0.3) is 4.57 Å². The first-order chi connectivity index (χ1) is 6.65. The maximum Gasteiger partial charge on any atom is 0.337 e. The first-order valence-corrected chi connectivity index (χ1v) is 4.77. The first kappa shape index (κ1) is 9.33. The molecular weight excluding hydrogens is 248 g/mol. The van der Waals surface area contributed by atoms with Crippen LogP contribution in [-0.4, -0.2) is 13.1 Å². The van der Waals surface area contributed by atoms with Gasteiger partial charge in [0.05, 0.1) is 12.7 Å². The van der Waals surface area contributed by atoms with Gasteiger partial charge in [-0.2, -0.15) is 0 Å². The Hall–Kier alpha value is -1.23. The normalized spacial score (nSPS) is 16.4. The number of benzene rings is 1. The average molecular weight is 255 g/mol. The molecule has 14 heavy (non-hydrogen) atoms. The van der Waals surface area contributed by atoms with Crippen molar-refractivity contribution in [1.29, 1.82) is 0 Å². The van der Waals surface area contributed by atoms with Crippen molar-refractivity contribution in [3.63, 3.8) is 0 Å². The molecular formula is C9H7BrN2O2. The molecule has 0 N–H and O–H groups in total. The molecule has 0 amide bonds. The van der Waals surface area contributed by atoms with Gasteiger partial charge in [0.1, 0.15) is 0 Å². The molecule has 0 bridgehead atoms. The molecule has 5 heteroatoms. The second-order valence-corrected chi connectivity index (χ2v) is 3.96. The number of carbonyl (C=O) groups is 1. The summed E-state index contributed by atoms with van der Waals surface area (Å²) in [5, 5.41) is 7.65. The van der Waals surface area contributed by atoms with Gasteiger partial charge in [-0.25, -0.2) is 4.79 Å². The smallest absolute Gasteiger partial charge is 0.337 e. The lowest BCUT2D eigenvalue weighted by Crippen LogP contribution is -2.02. The van der Waals surface area contributed by atoms with E-state index in [0.717, 1.165) is 5.56 Å². The van der Waals surface area contributed by atoms with Crippen molar-refractivity contribution in [2.45, 2.75) is 4.57 Å². The van der Waals surface area contributed by atoms with E-state index in [-0.39, 0.29) is 5.97 Å². The van der Waals surface area contributed by atoms with Crippen LogP contribution in [0.3, 0.4) is 0 Å². The molecule has 4 nitrogen and oxygen atoms in total. The molecule has 0 unspecified atom stereocenters. The number of alkyl halides is 1. The average Bonchev–Trinajstić information content (AvgIpc) is 2.97. The summed E-state index contributed by atoms with van der Waals surface area (Å²) in [7, 11) is 1.35. The van der Waals surface area contributed by atoms with Gasteiger partial charge in [-0.1, -0.05) is 12.1 Å². The highest BCUT2D eigenvalue weighted by Gasteiger charge is 2.38. The Kier molecular flexibility index (Phi) is 2.11. The Morgan fingerprint density at radius 3 is 2.36 bits per heavy atom. The fraction of sp³-hybridized carbons (Fsp3) is 0.222. The van der Waals surface area contributed by atoms with E-state index in [1.807, 2.05) is 0 Å². The van der Waals surface area contributed by atoms with Gasteiger partial charge in [0, 0.05) is 5.56 Å².